The molecule has 0 aliphatic rings. The summed E-state index contributed by atoms with van der Waals surface area (Å²) in [5.41, 5.74) is -0.284. The minimum absolute atomic E-state index is 0.147. The van der Waals surface area contributed by atoms with Crippen molar-refractivity contribution >= 4 is 22.6 Å². The SMILES string of the molecule is [CH2]C(CO)c1ccc(I)c(C(F)(F)F)c1. The van der Waals surface area contributed by atoms with Gasteiger partial charge in [-0.05, 0) is 47.2 Å². The number of halogens is 4. The lowest BCUT2D eigenvalue weighted by molar-refractivity contribution is -0.138. The van der Waals surface area contributed by atoms with E-state index in [9.17, 15) is 13.2 Å². The molecule has 1 aromatic carbocycles. The van der Waals surface area contributed by atoms with Crippen molar-refractivity contribution < 1.29 is 18.3 Å². The average molecular weight is 329 g/mol. The van der Waals surface area contributed by atoms with E-state index in [1.165, 1.54) is 6.07 Å². The fourth-order valence-electron chi connectivity index (χ4n) is 1.12. The minimum Gasteiger partial charge on any atom is -0.396 e. The smallest absolute Gasteiger partial charge is 0.396 e. The molecule has 0 aliphatic carbocycles. The molecule has 1 aromatic rings. The molecule has 1 N–H and O–H groups in total. The molecule has 83 valence electrons. The molecule has 0 saturated heterocycles. The molecule has 5 heteroatoms. The summed E-state index contributed by atoms with van der Waals surface area (Å²) >= 11 is 1.63. The second kappa shape index (κ2) is 4.69. The number of alkyl halides is 3. The van der Waals surface area contributed by atoms with Gasteiger partial charge in [-0.15, -0.1) is 0 Å². The third kappa shape index (κ3) is 3.07. The summed E-state index contributed by atoms with van der Waals surface area (Å²) in [7, 11) is 0. The topological polar surface area (TPSA) is 20.2 Å². The first kappa shape index (κ1) is 12.8. The molecule has 0 spiro atoms. The van der Waals surface area contributed by atoms with Crippen molar-refractivity contribution in [3.63, 3.8) is 0 Å². The largest absolute Gasteiger partial charge is 0.417 e. The van der Waals surface area contributed by atoms with Crippen LogP contribution >= 0.6 is 22.6 Å². The highest BCUT2D eigenvalue weighted by atomic mass is 127. The molecule has 0 amide bonds. The van der Waals surface area contributed by atoms with Gasteiger partial charge in [-0.25, -0.2) is 0 Å². The molecule has 1 nitrogen and oxygen atoms in total. The molecular weight excluding hydrogens is 320 g/mol. The first-order valence-electron chi connectivity index (χ1n) is 4.17. The summed E-state index contributed by atoms with van der Waals surface area (Å²) in [6, 6.07) is 3.97. The van der Waals surface area contributed by atoms with Crippen molar-refractivity contribution in [2.75, 3.05) is 6.61 Å². The molecule has 0 saturated carbocycles. The van der Waals surface area contributed by atoms with Gasteiger partial charge < -0.3 is 5.11 Å². The first-order chi connectivity index (χ1) is 6.86. The van der Waals surface area contributed by atoms with Crippen LogP contribution in [0.5, 0.6) is 0 Å². The van der Waals surface area contributed by atoms with Crippen LogP contribution in [0.25, 0.3) is 0 Å². The van der Waals surface area contributed by atoms with E-state index in [-0.39, 0.29) is 10.2 Å². The fraction of sp³-hybridized carbons (Fsp3) is 0.300. The van der Waals surface area contributed by atoms with Crippen LogP contribution in [0.2, 0.25) is 0 Å². The molecule has 0 bridgehead atoms. The van der Waals surface area contributed by atoms with Crippen LogP contribution in [0.3, 0.4) is 0 Å². The Balaban J connectivity index is 3.17. The second-order valence-electron chi connectivity index (χ2n) is 3.12. The summed E-state index contributed by atoms with van der Waals surface area (Å²) in [6.45, 7) is 3.29. The Kier molecular flexibility index (Phi) is 3.99. The van der Waals surface area contributed by atoms with E-state index in [0.717, 1.165) is 6.07 Å². The van der Waals surface area contributed by atoms with Gasteiger partial charge in [0.05, 0.1) is 5.56 Å². The maximum Gasteiger partial charge on any atom is 0.417 e. The quantitative estimate of drug-likeness (QED) is 0.826. The van der Waals surface area contributed by atoms with Gasteiger partial charge in [0.15, 0.2) is 0 Å². The van der Waals surface area contributed by atoms with E-state index in [4.69, 9.17) is 5.11 Å². The van der Waals surface area contributed by atoms with E-state index >= 15 is 0 Å². The predicted molar refractivity (Wildman–Crippen MR) is 59.3 cm³/mol. The highest BCUT2D eigenvalue weighted by Crippen LogP contribution is 2.34. The Morgan fingerprint density at radius 1 is 1.40 bits per heavy atom. The summed E-state index contributed by atoms with van der Waals surface area (Å²) < 4.78 is 37.7. The molecule has 1 atom stereocenters. The first-order valence-corrected chi connectivity index (χ1v) is 5.24. The zero-order valence-electron chi connectivity index (χ0n) is 7.68. The normalized spacial score (nSPS) is 14.0. The van der Waals surface area contributed by atoms with Gasteiger partial charge >= 0.3 is 6.18 Å². The molecule has 1 rings (SSSR count). The van der Waals surface area contributed by atoms with Crippen molar-refractivity contribution in [3.8, 4) is 0 Å². The minimum atomic E-state index is -4.36. The zero-order valence-corrected chi connectivity index (χ0v) is 9.84. The van der Waals surface area contributed by atoms with Crippen molar-refractivity contribution in [3.05, 3.63) is 39.8 Å². The molecule has 0 aliphatic heterocycles. The van der Waals surface area contributed by atoms with Crippen LogP contribution in [0, 0.1) is 10.5 Å². The highest BCUT2D eigenvalue weighted by Gasteiger charge is 2.33. The Hall–Kier alpha value is -0.300. The average Bonchev–Trinajstić information content (AvgIpc) is 2.15. The molecule has 1 unspecified atom stereocenters. The molecule has 0 fully saturated rings. The van der Waals surface area contributed by atoms with Crippen LogP contribution < -0.4 is 0 Å². The van der Waals surface area contributed by atoms with Gasteiger partial charge in [0, 0.05) is 16.1 Å². The molecule has 0 heterocycles. The van der Waals surface area contributed by atoms with Crippen LogP contribution in [0.1, 0.15) is 17.0 Å². The Morgan fingerprint density at radius 3 is 2.47 bits per heavy atom. The number of benzene rings is 1. The third-order valence-electron chi connectivity index (χ3n) is 1.99. The highest BCUT2D eigenvalue weighted by molar-refractivity contribution is 14.1. The Morgan fingerprint density at radius 2 is 2.00 bits per heavy atom. The van der Waals surface area contributed by atoms with Gasteiger partial charge in [0.1, 0.15) is 0 Å². The number of rotatable bonds is 2. The van der Waals surface area contributed by atoms with Gasteiger partial charge in [-0.2, -0.15) is 13.2 Å². The van der Waals surface area contributed by atoms with Crippen LogP contribution in [-0.2, 0) is 6.18 Å². The summed E-state index contributed by atoms with van der Waals surface area (Å²) in [5.74, 6) is -0.525. The van der Waals surface area contributed by atoms with E-state index in [2.05, 4.69) is 6.92 Å². The van der Waals surface area contributed by atoms with Crippen molar-refractivity contribution in [1.82, 2.24) is 0 Å². The second-order valence-corrected chi connectivity index (χ2v) is 4.28. The van der Waals surface area contributed by atoms with Crippen molar-refractivity contribution in [2.24, 2.45) is 0 Å². The fourth-order valence-corrected chi connectivity index (χ4v) is 1.76. The third-order valence-corrected chi connectivity index (χ3v) is 2.93. The van der Waals surface area contributed by atoms with Gasteiger partial charge in [-0.1, -0.05) is 6.07 Å². The lowest BCUT2D eigenvalue weighted by atomic mass is 10.00. The van der Waals surface area contributed by atoms with Crippen LogP contribution in [0.15, 0.2) is 18.2 Å². The molecule has 15 heavy (non-hydrogen) atoms. The van der Waals surface area contributed by atoms with E-state index in [1.807, 2.05) is 0 Å². The molecular formula is C10H9F3IO. The van der Waals surface area contributed by atoms with E-state index in [0.29, 0.717) is 5.56 Å². The number of hydrogen-bond acceptors (Lipinski definition) is 1. The maximum absolute atomic E-state index is 12.5. The molecule has 1 radical (unpaired) electrons. The number of aliphatic hydroxyl groups is 1. The predicted octanol–water partition coefficient (Wildman–Crippen LogP) is 3.22. The standard InChI is InChI=1S/C10H9F3IO/c1-6(5-15)7-2-3-9(14)8(4-7)10(11,12)13/h2-4,6,15H,1,5H2. The zero-order chi connectivity index (χ0) is 11.6. The molecule has 0 aromatic heterocycles. The lowest BCUT2D eigenvalue weighted by Crippen LogP contribution is -2.09. The van der Waals surface area contributed by atoms with Gasteiger partial charge in [-0.3, -0.25) is 0 Å². The van der Waals surface area contributed by atoms with Gasteiger partial charge in [0.25, 0.3) is 0 Å². The van der Waals surface area contributed by atoms with Crippen molar-refractivity contribution in [2.45, 2.75) is 12.1 Å². The van der Waals surface area contributed by atoms with Crippen LogP contribution in [0.4, 0.5) is 13.2 Å². The van der Waals surface area contributed by atoms with Crippen molar-refractivity contribution in [1.29, 1.82) is 0 Å². The van der Waals surface area contributed by atoms with E-state index < -0.39 is 17.7 Å². The van der Waals surface area contributed by atoms with E-state index in [1.54, 1.807) is 28.7 Å². The number of aliphatic hydroxyl groups excluding tert-OH is 1. The maximum atomic E-state index is 12.5. The Labute approximate surface area is 99.4 Å². The summed E-state index contributed by atoms with van der Waals surface area (Å²) in [4.78, 5) is 0. The monoisotopic (exact) mass is 329 g/mol. The summed E-state index contributed by atoms with van der Waals surface area (Å²) in [5, 5.41) is 8.81. The lowest BCUT2D eigenvalue weighted by Gasteiger charge is -2.13. The Bertz CT molecular complexity index is 349. The van der Waals surface area contributed by atoms with Crippen LogP contribution in [-0.4, -0.2) is 11.7 Å². The van der Waals surface area contributed by atoms with Gasteiger partial charge in [0.2, 0.25) is 0 Å². The number of hydrogen-bond donors (Lipinski definition) is 1. The summed E-state index contributed by atoms with van der Waals surface area (Å²) in [6.07, 6.45) is -4.36.